The van der Waals surface area contributed by atoms with Crippen molar-refractivity contribution in [2.75, 3.05) is 6.56 Å². The molecule has 0 unspecified atom stereocenters. The van der Waals surface area contributed by atoms with Crippen molar-refractivity contribution >= 4 is 5.97 Å². The Morgan fingerprint density at radius 2 is 2.06 bits per heavy atom. The molecule has 0 fully saturated rings. The molecule has 0 aliphatic rings. The Balaban J connectivity index is 2.50. The predicted molar refractivity (Wildman–Crippen MR) is 70.9 cm³/mol. The minimum absolute atomic E-state index is 0.117. The number of carbonyl (C=O) groups is 1. The van der Waals surface area contributed by atoms with Gasteiger partial charge in [-0.2, -0.15) is 0 Å². The molecular formula is C15H22O3. The summed E-state index contributed by atoms with van der Waals surface area (Å²) in [6, 6.07) is 9.30. The number of ether oxygens (including phenoxy) is 1. The molecule has 3 nitrogen and oxygen atoms in total. The third kappa shape index (κ3) is 5.82. The van der Waals surface area contributed by atoms with E-state index in [-0.39, 0.29) is 18.9 Å². The van der Waals surface area contributed by atoms with E-state index in [2.05, 4.69) is 0 Å². The average Bonchev–Trinajstić information content (AvgIpc) is 2.35. The van der Waals surface area contributed by atoms with E-state index in [1.165, 1.54) is 0 Å². The van der Waals surface area contributed by atoms with Crippen molar-refractivity contribution in [1.82, 2.24) is 0 Å². The molecule has 1 atom stereocenters. The van der Waals surface area contributed by atoms with Gasteiger partial charge in [-0.15, -0.1) is 0 Å². The molecule has 0 radical (unpaired) electrons. The number of hydrogen-bond donors (Lipinski definition) is 1. The average molecular weight is 252 g/mol. The minimum Gasteiger partial charge on any atom is -0.461 e. The summed E-state index contributed by atoms with van der Waals surface area (Å²) < 4.78 is 19.9. The molecule has 3 heteroatoms. The molecular weight excluding hydrogens is 228 g/mol. The largest absolute Gasteiger partial charge is 0.461 e. The minimum atomic E-state index is -2.37. The van der Waals surface area contributed by atoms with Crippen molar-refractivity contribution in [3.8, 4) is 0 Å². The fraction of sp³-hybridized carbons (Fsp3) is 0.533. The summed E-state index contributed by atoms with van der Waals surface area (Å²) in [6.45, 7) is 1.65. The van der Waals surface area contributed by atoms with Gasteiger partial charge in [-0.3, -0.25) is 4.79 Å². The number of hydrogen-bond acceptors (Lipinski definition) is 3. The van der Waals surface area contributed by atoms with Crippen molar-refractivity contribution < 1.29 is 17.4 Å². The summed E-state index contributed by atoms with van der Waals surface area (Å²) in [4.78, 5) is 11.8. The van der Waals surface area contributed by atoms with Crippen LogP contribution in [0.2, 0.25) is 0 Å². The van der Waals surface area contributed by atoms with Crippen molar-refractivity contribution in [1.29, 1.82) is 0 Å². The summed E-state index contributed by atoms with van der Waals surface area (Å²) >= 11 is 0. The van der Waals surface area contributed by atoms with E-state index >= 15 is 0 Å². The zero-order valence-electron chi connectivity index (χ0n) is 12.9. The highest BCUT2D eigenvalue weighted by Gasteiger charge is 2.15. The van der Waals surface area contributed by atoms with Gasteiger partial charge < -0.3 is 9.84 Å². The van der Waals surface area contributed by atoms with E-state index < -0.39 is 18.4 Å². The number of rotatable bonds is 7. The van der Waals surface area contributed by atoms with Crippen LogP contribution in [0.3, 0.4) is 0 Å². The van der Waals surface area contributed by atoms with Gasteiger partial charge in [0, 0.05) is 6.56 Å². The Hall–Kier alpha value is -1.35. The standard InChI is InChI=1S/C15H22O3/c1-12(2)8-14(10-16)9-15(17)18-11-13-6-4-3-5-7-13/h3-7,12,14,16H,8-11H2,1-2H3/t14-/m0/s1/i10D2. The highest BCUT2D eigenvalue weighted by Crippen LogP contribution is 2.15. The van der Waals surface area contributed by atoms with Crippen LogP contribution in [-0.2, 0) is 16.1 Å². The second-order valence-corrected chi connectivity index (χ2v) is 4.81. The Labute approximate surface area is 112 Å². The van der Waals surface area contributed by atoms with Crippen LogP contribution in [-0.4, -0.2) is 17.6 Å². The summed E-state index contributed by atoms with van der Waals surface area (Å²) in [6.07, 6.45) is 0.318. The first-order chi connectivity index (χ1) is 9.29. The Kier molecular flexibility index (Phi) is 5.13. The van der Waals surface area contributed by atoms with E-state index in [1.54, 1.807) is 0 Å². The molecule has 0 heterocycles. The molecule has 0 spiro atoms. The SMILES string of the molecule is [2H]C([2H])(O)[C@H](CC(=O)OCc1ccccc1)CC(C)C. The van der Waals surface area contributed by atoms with E-state index in [4.69, 9.17) is 7.48 Å². The zero-order valence-corrected chi connectivity index (χ0v) is 10.9. The number of esters is 1. The molecule has 0 saturated carbocycles. The maximum Gasteiger partial charge on any atom is 0.306 e. The molecule has 0 aliphatic carbocycles. The van der Waals surface area contributed by atoms with Gasteiger partial charge in [0.2, 0.25) is 0 Å². The van der Waals surface area contributed by atoms with Crippen LogP contribution in [0.4, 0.5) is 0 Å². The lowest BCUT2D eigenvalue weighted by molar-refractivity contribution is -0.146. The third-order valence-corrected chi connectivity index (χ3v) is 2.59. The topological polar surface area (TPSA) is 46.5 Å². The third-order valence-electron chi connectivity index (χ3n) is 2.59. The van der Waals surface area contributed by atoms with Crippen molar-refractivity contribution in [3.05, 3.63) is 35.9 Å². The monoisotopic (exact) mass is 252 g/mol. The van der Waals surface area contributed by atoms with Crippen LogP contribution in [0, 0.1) is 11.8 Å². The quantitative estimate of drug-likeness (QED) is 0.759. The van der Waals surface area contributed by atoms with Crippen LogP contribution in [0.15, 0.2) is 30.3 Å². The lowest BCUT2D eigenvalue weighted by Crippen LogP contribution is -2.16. The molecule has 1 N–H and O–H groups in total. The Morgan fingerprint density at radius 3 is 2.61 bits per heavy atom. The van der Waals surface area contributed by atoms with Gasteiger partial charge in [0.05, 0.1) is 9.16 Å². The number of benzene rings is 1. The van der Waals surface area contributed by atoms with Crippen LogP contribution in [0.1, 0.15) is 35.0 Å². The second kappa shape index (κ2) is 7.88. The summed E-state index contributed by atoms with van der Waals surface area (Å²) in [5.41, 5.74) is 0.883. The molecule has 0 saturated heterocycles. The van der Waals surface area contributed by atoms with Crippen LogP contribution in [0.5, 0.6) is 0 Å². The van der Waals surface area contributed by atoms with E-state index in [0.717, 1.165) is 5.56 Å². The first-order valence-electron chi connectivity index (χ1n) is 7.21. The molecule has 0 amide bonds. The summed E-state index contributed by atoms with van der Waals surface area (Å²) in [7, 11) is 0. The van der Waals surface area contributed by atoms with Crippen LogP contribution < -0.4 is 0 Å². The van der Waals surface area contributed by atoms with E-state index in [1.807, 2.05) is 44.2 Å². The zero-order chi connectivity index (χ0) is 15.2. The van der Waals surface area contributed by atoms with Crippen molar-refractivity contribution in [2.24, 2.45) is 11.8 Å². The molecule has 1 aromatic rings. The molecule has 1 rings (SSSR count). The number of carbonyl (C=O) groups excluding carboxylic acids is 1. The fourth-order valence-electron chi connectivity index (χ4n) is 1.75. The van der Waals surface area contributed by atoms with Crippen LogP contribution >= 0.6 is 0 Å². The van der Waals surface area contributed by atoms with Crippen molar-refractivity contribution in [2.45, 2.75) is 33.3 Å². The van der Waals surface area contributed by atoms with Gasteiger partial charge in [0.15, 0.2) is 0 Å². The van der Waals surface area contributed by atoms with Gasteiger partial charge in [-0.1, -0.05) is 44.2 Å². The summed E-state index contributed by atoms with van der Waals surface area (Å²) in [5.74, 6) is -1.03. The van der Waals surface area contributed by atoms with Crippen LogP contribution in [0.25, 0.3) is 0 Å². The normalized spacial score (nSPS) is 14.9. The van der Waals surface area contributed by atoms with Crippen molar-refractivity contribution in [3.63, 3.8) is 0 Å². The van der Waals surface area contributed by atoms with Gasteiger partial charge in [0.25, 0.3) is 0 Å². The molecule has 100 valence electrons. The molecule has 0 aromatic heterocycles. The first-order valence-corrected chi connectivity index (χ1v) is 6.21. The Morgan fingerprint density at radius 1 is 1.39 bits per heavy atom. The Bertz CT molecular complexity index is 413. The molecule has 18 heavy (non-hydrogen) atoms. The summed E-state index contributed by atoms with van der Waals surface area (Å²) in [5, 5.41) is 9.49. The van der Waals surface area contributed by atoms with E-state index in [9.17, 15) is 9.90 Å². The highest BCUT2D eigenvalue weighted by atomic mass is 16.5. The van der Waals surface area contributed by atoms with Gasteiger partial charge in [-0.05, 0) is 23.8 Å². The lowest BCUT2D eigenvalue weighted by Gasteiger charge is -2.15. The predicted octanol–water partition coefficient (Wildman–Crippen LogP) is 2.77. The van der Waals surface area contributed by atoms with Gasteiger partial charge in [0.1, 0.15) is 6.61 Å². The molecule has 0 bridgehead atoms. The smallest absolute Gasteiger partial charge is 0.306 e. The fourth-order valence-corrected chi connectivity index (χ4v) is 1.75. The lowest BCUT2D eigenvalue weighted by atomic mass is 9.95. The number of aliphatic hydroxyl groups is 1. The highest BCUT2D eigenvalue weighted by molar-refractivity contribution is 5.69. The first kappa shape index (κ1) is 11.7. The van der Waals surface area contributed by atoms with E-state index in [0.29, 0.717) is 6.42 Å². The van der Waals surface area contributed by atoms with Gasteiger partial charge >= 0.3 is 5.97 Å². The maximum atomic E-state index is 11.8. The maximum absolute atomic E-state index is 11.8. The molecule has 0 aliphatic heterocycles. The second-order valence-electron chi connectivity index (χ2n) is 4.81. The van der Waals surface area contributed by atoms with Gasteiger partial charge in [-0.25, -0.2) is 0 Å². The molecule has 1 aromatic carbocycles.